The Morgan fingerprint density at radius 3 is 2.29 bits per heavy atom. The molecule has 0 aliphatic heterocycles. The minimum atomic E-state index is -4.32. The second kappa shape index (κ2) is 6.60. The number of nitrogens with one attached hydrogen (secondary N) is 1. The van der Waals surface area contributed by atoms with E-state index in [4.69, 9.17) is 5.84 Å². The molecule has 0 spiro atoms. The summed E-state index contributed by atoms with van der Waals surface area (Å²) in [7, 11) is 0. The summed E-state index contributed by atoms with van der Waals surface area (Å²) < 4.78 is 38.6. The highest BCUT2D eigenvalue weighted by Crippen LogP contribution is 2.30. The van der Waals surface area contributed by atoms with Crippen molar-refractivity contribution in [2.45, 2.75) is 18.6 Å². The van der Waals surface area contributed by atoms with Crippen LogP contribution in [0.3, 0.4) is 0 Å². The van der Waals surface area contributed by atoms with Crippen LogP contribution in [0.15, 0.2) is 53.0 Å². The standard InChI is InChI=1S/C15H14BrF3N2/c16-13-3-1-2-10(8-13)9-14(21-20)11-4-6-12(7-5-11)15(17,18)19/h1-8,14,21H,9,20H2. The Kier molecular flexibility index (Phi) is 5.03. The van der Waals surface area contributed by atoms with E-state index in [-0.39, 0.29) is 6.04 Å². The fourth-order valence-electron chi connectivity index (χ4n) is 2.08. The lowest BCUT2D eigenvalue weighted by Crippen LogP contribution is -2.29. The van der Waals surface area contributed by atoms with Crippen LogP contribution in [0.25, 0.3) is 0 Å². The second-order valence-corrected chi connectivity index (χ2v) is 5.59. The predicted molar refractivity (Wildman–Crippen MR) is 79.4 cm³/mol. The highest BCUT2D eigenvalue weighted by atomic mass is 79.9. The van der Waals surface area contributed by atoms with E-state index in [0.717, 1.165) is 22.2 Å². The third-order valence-corrected chi connectivity index (χ3v) is 3.66. The van der Waals surface area contributed by atoms with Crippen molar-refractivity contribution in [3.05, 3.63) is 69.7 Å². The number of benzene rings is 2. The van der Waals surface area contributed by atoms with Crippen LogP contribution in [-0.4, -0.2) is 0 Å². The lowest BCUT2D eigenvalue weighted by atomic mass is 9.98. The molecule has 0 saturated heterocycles. The van der Waals surface area contributed by atoms with Gasteiger partial charge in [0, 0.05) is 10.5 Å². The Labute approximate surface area is 129 Å². The summed E-state index contributed by atoms with van der Waals surface area (Å²) >= 11 is 3.38. The number of halogens is 4. The molecule has 2 rings (SSSR count). The summed E-state index contributed by atoms with van der Waals surface area (Å²) in [6, 6.07) is 12.5. The zero-order chi connectivity index (χ0) is 15.5. The van der Waals surface area contributed by atoms with Gasteiger partial charge in [-0.15, -0.1) is 0 Å². The first-order valence-electron chi connectivity index (χ1n) is 6.28. The number of rotatable bonds is 4. The summed E-state index contributed by atoms with van der Waals surface area (Å²) in [6.07, 6.45) is -3.74. The molecule has 0 aliphatic rings. The van der Waals surface area contributed by atoms with E-state index in [0.29, 0.717) is 12.0 Å². The molecular formula is C15H14BrF3N2. The van der Waals surface area contributed by atoms with Gasteiger partial charge in [-0.1, -0.05) is 40.2 Å². The van der Waals surface area contributed by atoms with Gasteiger partial charge in [0.25, 0.3) is 0 Å². The van der Waals surface area contributed by atoms with Crippen LogP contribution in [0.2, 0.25) is 0 Å². The van der Waals surface area contributed by atoms with Crippen LogP contribution in [0, 0.1) is 0 Å². The van der Waals surface area contributed by atoms with Crippen LogP contribution in [0.4, 0.5) is 13.2 Å². The van der Waals surface area contributed by atoms with E-state index in [1.165, 1.54) is 12.1 Å². The number of hydrazine groups is 1. The van der Waals surface area contributed by atoms with Crippen molar-refractivity contribution >= 4 is 15.9 Å². The first kappa shape index (κ1) is 16.0. The average Bonchev–Trinajstić information content (AvgIpc) is 2.44. The molecule has 0 fully saturated rings. The van der Waals surface area contributed by atoms with Gasteiger partial charge in [-0.2, -0.15) is 13.2 Å². The molecule has 112 valence electrons. The van der Waals surface area contributed by atoms with E-state index in [9.17, 15) is 13.2 Å². The third kappa shape index (κ3) is 4.30. The SMILES string of the molecule is NNC(Cc1cccc(Br)c1)c1ccc(C(F)(F)F)cc1. The van der Waals surface area contributed by atoms with Crippen LogP contribution in [0.1, 0.15) is 22.7 Å². The molecule has 2 nitrogen and oxygen atoms in total. The van der Waals surface area contributed by atoms with Crippen LogP contribution in [-0.2, 0) is 12.6 Å². The highest BCUT2D eigenvalue weighted by Gasteiger charge is 2.30. The molecule has 0 aromatic heterocycles. The van der Waals surface area contributed by atoms with Gasteiger partial charge in [0.2, 0.25) is 0 Å². The molecule has 0 heterocycles. The maximum Gasteiger partial charge on any atom is 0.416 e. The van der Waals surface area contributed by atoms with Gasteiger partial charge in [0.05, 0.1) is 5.56 Å². The van der Waals surface area contributed by atoms with Crippen molar-refractivity contribution in [2.24, 2.45) is 5.84 Å². The maximum absolute atomic E-state index is 12.5. The Morgan fingerprint density at radius 2 is 1.76 bits per heavy atom. The minimum Gasteiger partial charge on any atom is -0.271 e. The van der Waals surface area contributed by atoms with Crippen molar-refractivity contribution < 1.29 is 13.2 Å². The van der Waals surface area contributed by atoms with Crippen molar-refractivity contribution in [2.75, 3.05) is 0 Å². The smallest absolute Gasteiger partial charge is 0.271 e. The van der Waals surface area contributed by atoms with Crippen LogP contribution in [0.5, 0.6) is 0 Å². The van der Waals surface area contributed by atoms with Crippen molar-refractivity contribution in [1.29, 1.82) is 0 Å². The summed E-state index contributed by atoms with van der Waals surface area (Å²) in [6.45, 7) is 0. The lowest BCUT2D eigenvalue weighted by Gasteiger charge is -2.17. The van der Waals surface area contributed by atoms with Crippen molar-refractivity contribution in [1.82, 2.24) is 5.43 Å². The van der Waals surface area contributed by atoms with Crippen molar-refractivity contribution in [3.63, 3.8) is 0 Å². The van der Waals surface area contributed by atoms with Gasteiger partial charge < -0.3 is 0 Å². The average molecular weight is 359 g/mol. The molecule has 1 unspecified atom stereocenters. The van der Waals surface area contributed by atoms with Gasteiger partial charge in [0.15, 0.2) is 0 Å². The van der Waals surface area contributed by atoms with E-state index >= 15 is 0 Å². The largest absolute Gasteiger partial charge is 0.416 e. The molecule has 0 radical (unpaired) electrons. The Bertz CT molecular complexity index is 597. The maximum atomic E-state index is 12.5. The van der Waals surface area contributed by atoms with E-state index in [1.54, 1.807) is 0 Å². The monoisotopic (exact) mass is 358 g/mol. The molecule has 3 N–H and O–H groups in total. The predicted octanol–water partition coefficient (Wildman–Crippen LogP) is 4.22. The summed E-state index contributed by atoms with van der Waals surface area (Å²) in [5, 5.41) is 0. The molecule has 21 heavy (non-hydrogen) atoms. The molecule has 6 heteroatoms. The quantitative estimate of drug-likeness (QED) is 0.634. The fourth-order valence-corrected chi connectivity index (χ4v) is 2.52. The zero-order valence-electron chi connectivity index (χ0n) is 11.0. The topological polar surface area (TPSA) is 38.0 Å². The lowest BCUT2D eigenvalue weighted by molar-refractivity contribution is -0.137. The molecule has 1 atom stereocenters. The summed E-state index contributed by atoms with van der Waals surface area (Å²) in [5.41, 5.74) is 3.73. The Hall–Kier alpha value is -1.37. The molecule has 0 bridgehead atoms. The van der Waals surface area contributed by atoms with Gasteiger partial charge >= 0.3 is 6.18 Å². The number of hydrogen-bond acceptors (Lipinski definition) is 2. The Morgan fingerprint density at radius 1 is 1.10 bits per heavy atom. The Balaban J connectivity index is 2.18. The van der Waals surface area contributed by atoms with E-state index in [2.05, 4.69) is 21.4 Å². The molecule has 2 aromatic rings. The summed E-state index contributed by atoms with van der Waals surface area (Å²) in [4.78, 5) is 0. The van der Waals surface area contributed by atoms with Crippen LogP contribution >= 0.6 is 15.9 Å². The molecule has 2 aromatic carbocycles. The van der Waals surface area contributed by atoms with Gasteiger partial charge in [-0.3, -0.25) is 11.3 Å². The van der Waals surface area contributed by atoms with E-state index < -0.39 is 11.7 Å². The van der Waals surface area contributed by atoms with E-state index in [1.807, 2.05) is 24.3 Å². The third-order valence-electron chi connectivity index (χ3n) is 3.17. The van der Waals surface area contributed by atoms with Gasteiger partial charge in [0.1, 0.15) is 0 Å². The molecule has 0 amide bonds. The first-order valence-corrected chi connectivity index (χ1v) is 7.07. The minimum absolute atomic E-state index is 0.249. The highest BCUT2D eigenvalue weighted by molar-refractivity contribution is 9.10. The number of hydrogen-bond donors (Lipinski definition) is 2. The molecular weight excluding hydrogens is 345 g/mol. The number of alkyl halides is 3. The van der Waals surface area contributed by atoms with Gasteiger partial charge in [-0.05, 0) is 41.8 Å². The van der Waals surface area contributed by atoms with Crippen LogP contribution < -0.4 is 11.3 Å². The fraction of sp³-hybridized carbons (Fsp3) is 0.200. The van der Waals surface area contributed by atoms with Gasteiger partial charge in [-0.25, -0.2) is 0 Å². The number of nitrogens with two attached hydrogens (primary N) is 1. The zero-order valence-corrected chi connectivity index (χ0v) is 12.6. The first-order chi connectivity index (χ1) is 9.90. The normalized spacial score (nSPS) is 13.2. The van der Waals surface area contributed by atoms with Crippen molar-refractivity contribution in [3.8, 4) is 0 Å². The molecule has 0 saturated carbocycles. The molecule has 0 aliphatic carbocycles. The summed E-state index contributed by atoms with van der Waals surface area (Å²) in [5.74, 6) is 5.53. The second-order valence-electron chi connectivity index (χ2n) is 4.67.